The maximum atomic E-state index is 12.0. The highest BCUT2D eigenvalue weighted by Gasteiger charge is 2.15. The third kappa shape index (κ3) is 4.44. The molecule has 1 N–H and O–H groups in total. The molecule has 10 heteroatoms. The molecule has 10 nitrogen and oxygen atoms in total. The van der Waals surface area contributed by atoms with E-state index in [1.807, 2.05) is 0 Å². The highest BCUT2D eigenvalue weighted by molar-refractivity contribution is 5.93. The van der Waals surface area contributed by atoms with E-state index in [2.05, 4.69) is 5.32 Å². The molecule has 136 valence electrons. The summed E-state index contributed by atoms with van der Waals surface area (Å²) in [6.45, 7) is 1.21. The van der Waals surface area contributed by atoms with Gasteiger partial charge in [0.15, 0.2) is 6.61 Å². The summed E-state index contributed by atoms with van der Waals surface area (Å²) in [4.78, 5) is 32.4. The highest BCUT2D eigenvalue weighted by atomic mass is 16.6. The van der Waals surface area contributed by atoms with Gasteiger partial charge in [-0.1, -0.05) is 0 Å². The molecule has 1 amide bonds. The van der Waals surface area contributed by atoms with Gasteiger partial charge in [-0.25, -0.2) is 0 Å². The van der Waals surface area contributed by atoms with Crippen molar-refractivity contribution in [3.63, 3.8) is 0 Å². The second-order valence-electron chi connectivity index (χ2n) is 5.18. The number of carbonyl (C=O) groups is 1. The number of rotatable bonds is 7. The van der Waals surface area contributed by atoms with Crippen LogP contribution in [0.15, 0.2) is 36.4 Å². The molecular formula is C16H15N3O7. The monoisotopic (exact) mass is 361 g/mol. The smallest absolute Gasteiger partial charge is 0.273 e. The van der Waals surface area contributed by atoms with Crippen molar-refractivity contribution in [3.8, 4) is 11.5 Å². The number of aryl methyl sites for hydroxylation is 1. The number of nitro groups is 2. The number of anilines is 1. The fourth-order valence-corrected chi connectivity index (χ4v) is 2.15. The molecule has 2 rings (SSSR count). The minimum absolute atomic E-state index is 0.0441. The predicted octanol–water partition coefficient (Wildman–Crippen LogP) is 2.84. The predicted molar refractivity (Wildman–Crippen MR) is 91.6 cm³/mol. The zero-order valence-corrected chi connectivity index (χ0v) is 13.9. The van der Waals surface area contributed by atoms with Crippen LogP contribution in [0.2, 0.25) is 0 Å². The van der Waals surface area contributed by atoms with Crippen molar-refractivity contribution in [1.82, 2.24) is 0 Å². The van der Waals surface area contributed by atoms with Crippen LogP contribution in [-0.2, 0) is 4.79 Å². The topological polar surface area (TPSA) is 134 Å². The summed E-state index contributed by atoms with van der Waals surface area (Å²) in [5, 5.41) is 24.1. The first-order valence-corrected chi connectivity index (χ1v) is 7.32. The third-order valence-corrected chi connectivity index (χ3v) is 3.40. The molecule has 0 bridgehead atoms. The Kier molecular flexibility index (Phi) is 5.68. The van der Waals surface area contributed by atoms with Gasteiger partial charge in [-0.2, -0.15) is 0 Å². The van der Waals surface area contributed by atoms with Crippen LogP contribution < -0.4 is 14.8 Å². The number of amides is 1. The summed E-state index contributed by atoms with van der Waals surface area (Å²) < 4.78 is 10.3. The van der Waals surface area contributed by atoms with Gasteiger partial charge < -0.3 is 14.8 Å². The summed E-state index contributed by atoms with van der Waals surface area (Å²) in [5.74, 6) is -0.0780. The largest absolute Gasteiger partial charge is 0.494 e. The molecule has 26 heavy (non-hydrogen) atoms. The van der Waals surface area contributed by atoms with Crippen molar-refractivity contribution < 1.29 is 24.1 Å². The molecule has 0 aromatic heterocycles. The molecule has 0 spiro atoms. The van der Waals surface area contributed by atoms with Gasteiger partial charge in [0.1, 0.15) is 11.5 Å². The Bertz CT molecular complexity index is 867. The van der Waals surface area contributed by atoms with E-state index in [-0.39, 0.29) is 29.4 Å². The molecule has 0 radical (unpaired) electrons. The minimum Gasteiger partial charge on any atom is -0.494 e. The maximum Gasteiger partial charge on any atom is 0.273 e. The summed E-state index contributed by atoms with van der Waals surface area (Å²) >= 11 is 0. The standard InChI is InChI=1S/C16H15N3O7/c1-10-7-12(4-6-14(10)19(23)24)26-9-16(20)17-13-5-3-11(18(21)22)8-15(13)25-2/h3-8H,9H2,1-2H3,(H,17,20). The SMILES string of the molecule is COc1cc([N+](=O)[O-])ccc1NC(=O)COc1ccc([N+](=O)[O-])c(C)c1. The lowest BCUT2D eigenvalue weighted by Crippen LogP contribution is -2.20. The lowest BCUT2D eigenvalue weighted by atomic mass is 10.2. The lowest BCUT2D eigenvalue weighted by molar-refractivity contribution is -0.385. The Morgan fingerprint density at radius 2 is 1.85 bits per heavy atom. The van der Waals surface area contributed by atoms with Gasteiger partial charge in [0.25, 0.3) is 17.3 Å². The zero-order chi connectivity index (χ0) is 19.3. The van der Waals surface area contributed by atoms with E-state index in [9.17, 15) is 25.0 Å². The number of carbonyl (C=O) groups excluding carboxylic acids is 1. The van der Waals surface area contributed by atoms with E-state index in [0.717, 1.165) is 0 Å². The number of ether oxygens (including phenoxy) is 2. The van der Waals surface area contributed by atoms with Crippen LogP contribution in [0.1, 0.15) is 5.56 Å². The van der Waals surface area contributed by atoms with Crippen LogP contribution in [0.25, 0.3) is 0 Å². The Hall–Kier alpha value is -3.69. The van der Waals surface area contributed by atoms with Gasteiger partial charge in [-0.05, 0) is 25.1 Å². The number of methoxy groups -OCH3 is 1. The number of hydrogen-bond donors (Lipinski definition) is 1. The van der Waals surface area contributed by atoms with Gasteiger partial charge in [0.2, 0.25) is 0 Å². The summed E-state index contributed by atoms with van der Waals surface area (Å²) in [5.41, 5.74) is 0.450. The number of nitrogens with zero attached hydrogens (tertiary/aromatic N) is 2. The van der Waals surface area contributed by atoms with Crippen molar-refractivity contribution in [2.24, 2.45) is 0 Å². The molecular weight excluding hydrogens is 346 g/mol. The van der Waals surface area contributed by atoms with E-state index in [0.29, 0.717) is 11.3 Å². The third-order valence-electron chi connectivity index (χ3n) is 3.40. The van der Waals surface area contributed by atoms with Crippen LogP contribution in [0.3, 0.4) is 0 Å². The number of nitrogens with one attached hydrogen (secondary N) is 1. The second kappa shape index (κ2) is 7.92. The molecule has 0 unspecified atom stereocenters. The Balaban J connectivity index is 2.02. The van der Waals surface area contributed by atoms with E-state index in [1.165, 1.54) is 43.5 Å². The molecule has 0 aliphatic carbocycles. The molecule has 2 aromatic carbocycles. The average Bonchev–Trinajstić information content (AvgIpc) is 2.59. The Labute approximate surface area is 147 Å². The number of nitro benzene ring substituents is 2. The van der Waals surface area contributed by atoms with Gasteiger partial charge in [-0.3, -0.25) is 25.0 Å². The molecule has 0 aliphatic heterocycles. The summed E-state index contributed by atoms with van der Waals surface area (Å²) in [7, 11) is 1.32. The van der Waals surface area contributed by atoms with Crippen molar-refractivity contribution in [3.05, 3.63) is 62.2 Å². The summed E-state index contributed by atoms with van der Waals surface area (Å²) in [6.07, 6.45) is 0. The molecule has 0 saturated heterocycles. The quantitative estimate of drug-likeness (QED) is 0.592. The van der Waals surface area contributed by atoms with Crippen LogP contribution in [0, 0.1) is 27.2 Å². The fourth-order valence-electron chi connectivity index (χ4n) is 2.15. The lowest BCUT2D eigenvalue weighted by Gasteiger charge is -2.11. The van der Waals surface area contributed by atoms with Crippen LogP contribution in [0.5, 0.6) is 11.5 Å². The molecule has 0 fully saturated rings. The molecule has 0 aliphatic rings. The van der Waals surface area contributed by atoms with Crippen molar-refractivity contribution in [2.45, 2.75) is 6.92 Å². The van der Waals surface area contributed by atoms with Gasteiger partial charge in [0.05, 0.1) is 28.7 Å². The number of benzene rings is 2. The molecule has 0 atom stereocenters. The highest BCUT2D eigenvalue weighted by Crippen LogP contribution is 2.29. The normalized spacial score (nSPS) is 10.1. The van der Waals surface area contributed by atoms with E-state index in [4.69, 9.17) is 9.47 Å². The van der Waals surface area contributed by atoms with Gasteiger partial charge >= 0.3 is 0 Å². The van der Waals surface area contributed by atoms with E-state index in [1.54, 1.807) is 6.92 Å². The number of non-ortho nitro benzene ring substituents is 1. The fraction of sp³-hybridized carbons (Fsp3) is 0.188. The second-order valence-corrected chi connectivity index (χ2v) is 5.18. The van der Waals surface area contributed by atoms with Crippen molar-refractivity contribution in [2.75, 3.05) is 19.0 Å². The Morgan fingerprint density at radius 1 is 1.12 bits per heavy atom. The van der Waals surface area contributed by atoms with E-state index < -0.39 is 15.8 Å². The summed E-state index contributed by atoms with van der Waals surface area (Å²) in [6, 6.07) is 7.92. The zero-order valence-electron chi connectivity index (χ0n) is 13.9. The minimum atomic E-state index is -0.575. The average molecular weight is 361 g/mol. The first-order valence-electron chi connectivity index (χ1n) is 7.32. The molecule has 2 aromatic rings. The van der Waals surface area contributed by atoms with Crippen LogP contribution in [-0.4, -0.2) is 29.5 Å². The van der Waals surface area contributed by atoms with Crippen LogP contribution >= 0.6 is 0 Å². The van der Waals surface area contributed by atoms with Crippen LogP contribution in [0.4, 0.5) is 17.1 Å². The Morgan fingerprint density at radius 3 is 2.42 bits per heavy atom. The first kappa shape index (κ1) is 18.6. The van der Waals surface area contributed by atoms with Gasteiger partial charge in [-0.15, -0.1) is 0 Å². The molecule has 0 heterocycles. The van der Waals surface area contributed by atoms with Crippen molar-refractivity contribution in [1.29, 1.82) is 0 Å². The first-order chi connectivity index (χ1) is 12.3. The van der Waals surface area contributed by atoms with Crippen molar-refractivity contribution >= 4 is 23.0 Å². The van der Waals surface area contributed by atoms with Gasteiger partial charge in [0, 0.05) is 17.7 Å². The molecule has 0 saturated carbocycles. The number of hydrogen-bond acceptors (Lipinski definition) is 7. The maximum absolute atomic E-state index is 12.0. The van der Waals surface area contributed by atoms with E-state index >= 15 is 0 Å².